The summed E-state index contributed by atoms with van der Waals surface area (Å²) in [5, 5.41) is 10.7. The Morgan fingerprint density at radius 1 is 0.969 bits per heavy atom. The molecule has 0 spiro atoms. The lowest BCUT2D eigenvalue weighted by molar-refractivity contribution is -0.192. The summed E-state index contributed by atoms with van der Waals surface area (Å²) in [7, 11) is 0. The Labute approximate surface area is 199 Å². The summed E-state index contributed by atoms with van der Waals surface area (Å²) in [6.07, 6.45) is 14.1. The Hall–Kier alpha value is -0.720. The molecule has 1 nitrogen and oxygen atoms in total. The Kier molecular flexibility index (Phi) is 6.03. The Morgan fingerprint density at radius 2 is 1.62 bits per heavy atom. The number of aliphatic hydroxyl groups excluding tert-OH is 1. The van der Waals surface area contributed by atoms with E-state index in [0.717, 1.165) is 30.1 Å². The number of rotatable bonds is 5. The third kappa shape index (κ3) is 3.30. The first kappa shape index (κ1) is 24.4. The predicted octanol–water partition coefficient (Wildman–Crippen LogP) is 9.35. The molecule has 8 atom stereocenters. The molecular weight excluding hydrogens is 388 g/mol. The van der Waals surface area contributed by atoms with Crippen LogP contribution in [0.4, 0.5) is 0 Å². The fourth-order valence-electron chi connectivity index (χ4n) is 9.99. The number of aliphatic hydroxyl groups is 1. The Bertz CT molecular complexity index is 773. The predicted molar refractivity (Wildman–Crippen MR) is 137 cm³/mol. The minimum absolute atomic E-state index is 0.0718. The van der Waals surface area contributed by atoms with Gasteiger partial charge in [-0.3, -0.25) is 0 Å². The summed E-state index contributed by atoms with van der Waals surface area (Å²) in [5.41, 5.74) is 2.61. The highest BCUT2D eigenvalue weighted by molar-refractivity contribution is 5.22. The molecular formula is C31H52O. The molecule has 4 rings (SSSR count). The summed E-state index contributed by atoms with van der Waals surface area (Å²) in [6, 6.07) is 0. The van der Waals surface area contributed by atoms with Gasteiger partial charge in [-0.15, -0.1) is 0 Å². The number of hydrogen-bond acceptors (Lipinski definition) is 1. The molecule has 3 saturated carbocycles. The van der Waals surface area contributed by atoms with Crippen molar-refractivity contribution in [2.45, 2.75) is 113 Å². The average molecular weight is 441 g/mol. The van der Waals surface area contributed by atoms with E-state index < -0.39 is 0 Å². The van der Waals surface area contributed by atoms with Crippen LogP contribution >= 0.6 is 0 Å². The lowest BCUT2D eigenvalue weighted by Crippen LogP contribution is -2.62. The van der Waals surface area contributed by atoms with Crippen molar-refractivity contribution in [2.75, 3.05) is 0 Å². The van der Waals surface area contributed by atoms with Crippen molar-refractivity contribution < 1.29 is 5.11 Å². The fourth-order valence-corrected chi connectivity index (χ4v) is 9.99. The van der Waals surface area contributed by atoms with E-state index in [1.165, 1.54) is 56.9 Å². The topological polar surface area (TPSA) is 20.2 Å². The van der Waals surface area contributed by atoms with Gasteiger partial charge in [0.25, 0.3) is 0 Å². The van der Waals surface area contributed by atoms with E-state index in [1.807, 2.05) is 0 Å². The van der Waals surface area contributed by atoms with Crippen molar-refractivity contribution in [1.82, 2.24) is 0 Å². The standard InChI is InChI=1S/C31H52O/c1-20(2)21(3)10-11-22(4)23-14-18-30(8)24(23)12-13-26-29(7)17-16-27(32)28(5,6)25(29)15-19-31(26,30)9/h16,20,22-26,32H,3,10-15,17-19H2,1-2,4-9H3/t22-,23-,24-,25?,26-,29+,30+,31-/m1/s1. The SMILES string of the molecule is C=C(CC[C@@H](C)[C@H]1CC[C@@]2(C)[C@@H]1CC[C@@H]1[C@@]3(C)CC=C(O)C(C)(C)C3CC[C@]12C)C(C)C. The molecule has 4 aliphatic carbocycles. The van der Waals surface area contributed by atoms with E-state index in [0.29, 0.717) is 33.8 Å². The van der Waals surface area contributed by atoms with Crippen LogP contribution in [-0.2, 0) is 0 Å². The summed E-state index contributed by atoms with van der Waals surface area (Å²) >= 11 is 0. The second-order valence-corrected chi connectivity index (χ2v) is 14.2. The number of fused-ring (bicyclic) bond motifs is 5. The summed E-state index contributed by atoms with van der Waals surface area (Å²) in [4.78, 5) is 0. The van der Waals surface area contributed by atoms with E-state index >= 15 is 0 Å². The number of hydrogen-bond donors (Lipinski definition) is 1. The molecule has 0 saturated heterocycles. The third-order valence-electron chi connectivity index (χ3n) is 12.5. The third-order valence-corrected chi connectivity index (χ3v) is 12.5. The van der Waals surface area contributed by atoms with E-state index in [9.17, 15) is 5.11 Å². The molecule has 3 fully saturated rings. The highest BCUT2D eigenvalue weighted by atomic mass is 16.3. The molecule has 4 aliphatic rings. The van der Waals surface area contributed by atoms with Crippen LogP contribution < -0.4 is 0 Å². The van der Waals surface area contributed by atoms with Crippen LogP contribution in [0.3, 0.4) is 0 Å². The van der Waals surface area contributed by atoms with E-state index in [2.05, 4.69) is 68.0 Å². The Morgan fingerprint density at radius 3 is 2.28 bits per heavy atom. The van der Waals surface area contributed by atoms with Crippen molar-refractivity contribution in [3.05, 3.63) is 24.0 Å². The van der Waals surface area contributed by atoms with Gasteiger partial charge in [0.2, 0.25) is 0 Å². The van der Waals surface area contributed by atoms with Crippen LogP contribution in [0.25, 0.3) is 0 Å². The maximum absolute atomic E-state index is 10.7. The van der Waals surface area contributed by atoms with Gasteiger partial charge >= 0.3 is 0 Å². The molecule has 0 aromatic heterocycles. The van der Waals surface area contributed by atoms with Crippen LogP contribution in [0, 0.1) is 57.2 Å². The quantitative estimate of drug-likeness (QED) is 0.422. The van der Waals surface area contributed by atoms with Crippen molar-refractivity contribution in [1.29, 1.82) is 0 Å². The molecule has 0 aromatic carbocycles. The van der Waals surface area contributed by atoms with Gasteiger partial charge in [-0.25, -0.2) is 0 Å². The molecule has 0 bridgehead atoms. The zero-order chi connectivity index (χ0) is 23.7. The van der Waals surface area contributed by atoms with Crippen molar-refractivity contribution in [3.63, 3.8) is 0 Å². The zero-order valence-corrected chi connectivity index (χ0v) is 22.6. The molecule has 0 heterocycles. The largest absolute Gasteiger partial charge is 0.512 e. The van der Waals surface area contributed by atoms with Crippen LogP contribution in [0.2, 0.25) is 0 Å². The van der Waals surface area contributed by atoms with E-state index in [-0.39, 0.29) is 5.41 Å². The van der Waals surface area contributed by atoms with Crippen LogP contribution in [-0.4, -0.2) is 5.11 Å². The van der Waals surface area contributed by atoms with Gasteiger partial charge in [0.1, 0.15) is 0 Å². The second kappa shape index (κ2) is 7.91. The van der Waals surface area contributed by atoms with Gasteiger partial charge in [-0.1, -0.05) is 67.5 Å². The highest BCUT2D eigenvalue weighted by Crippen LogP contribution is 2.75. The smallest absolute Gasteiger partial charge is 0.0942 e. The van der Waals surface area contributed by atoms with Gasteiger partial charge in [-0.05, 0) is 116 Å². The molecule has 1 heteroatoms. The van der Waals surface area contributed by atoms with Gasteiger partial charge in [0.05, 0.1) is 5.76 Å². The minimum atomic E-state index is -0.0718. The summed E-state index contributed by atoms with van der Waals surface area (Å²) < 4.78 is 0. The first-order valence-electron chi connectivity index (χ1n) is 13.9. The maximum Gasteiger partial charge on any atom is 0.0942 e. The van der Waals surface area contributed by atoms with Gasteiger partial charge < -0.3 is 5.11 Å². The molecule has 32 heavy (non-hydrogen) atoms. The van der Waals surface area contributed by atoms with Gasteiger partial charge in [-0.2, -0.15) is 0 Å². The summed E-state index contributed by atoms with van der Waals surface area (Å²) in [6.45, 7) is 24.1. The van der Waals surface area contributed by atoms with Crippen LogP contribution in [0.15, 0.2) is 24.0 Å². The summed E-state index contributed by atoms with van der Waals surface area (Å²) in [5.74, 6) is 5.28. The zero-order valence-electron chi connectivity index (χ0n) is 22.6. The second-order valence-electron chi connectivity index (χ2n) is 14.2. The fraction of sp³-hybridized carbons (Fsp3) is 0.871. The van der Waals surface area contributed by atoms with Crippen molar-refractivity contribution >= 4 is 0 Å². The molecule has 0 amide bonds. The molecule has 0 radical (unpaired) electrons. The average Bonchev–Trinajstić information content (AvgIpc) is 3.07. The monoisotopic (exact) mass is 440 g/mol. The highest BCUT2D eigenvalue weighted by Gasteiger charge is 2.68. The molecule has 182 valence electrons. The first-order chi connectivity index (χ1) is 14.8. The Balaban J connectivity index is 1.57. The normalized spacial score (nSPS) is 46.1. The molecule has 1 N–H and O–H groups in total. The van der Waals surface area contributed by atoms with Gasteiger partial charge in [0, 0.05) is 5.41 Å². The van der Waals surface area contributed by atoms with Crippen LogP contribution in [0.5, 0.6) is 0 Å². The lowest BCUT2D eigenvalue weighted by Gasteiger charge is -2.68. The van der Waals surface area contributed by atoms with E-state index in [4.69, 9.17) is 0 Å². The lowest BCUT2D eigenvalue weighted by atomic mass is 9.36. The van der Waals surface area contributed by atoms with Crippen LogP contribution in [0.1, 0.15) is 113 Å². The minimum Gasteiger partial charge on any atom is -0.512 e. The number of allylic oxidation sites excluding steroid dienone is 3. The van der Waals surface area contributed by atoms with Crippen molar-refractivity contribution in [2.24, 2.45) is 57.2 Å². The van der Waals surface area contributed by atoms with Gasteiger partial charge in [0.15, 0.2) is 0 Å². The van der Waals surface area contributed by atoms with E-state index in [1.54, 1.807) is 0 Å². The first-order valence-corrected chi connectivity index (χ1v) is 13.9. The maximum atomic E-state index is 10.7. The molecule has 0 aromatic rings. The molecule has 1 unspecified atom stereocenters. The molecule has 0 aliphatic heterocycles. The van der Waals surface area contributed by atoms with Crippen molar-refractivity contribution in [3.8, 4) is 0 Å².